The molecule has 0 radical (unpaired) electrons. The number of furan rings is 2. The van der Waals surface area contributed by atoms with Gasteiger partial charge in [-0.05, 0) is 108 Å². The zero-order chi connectivity index (χ0) is 49.2. The molecule has 0 unspecified atom stereocenters. The molecule has 0 aliphatic heterocycles. The van der Waals surface area contributed by atoms with Crippen LogP contribution in [0.1, 0.15) is 22.3 Å². The number of hydrogen-bond donors (Lipinski definition) is 0. The van der Waals surface area contributed by atoms with Gasteiger partial charge in [0.15, 0.2) is 17.5 Å². The predicted octanol–water partition coefficient (Wildman–Crippen LogP) is 18.0. The van der Waals surface area contributed by atoms with Crippen molar-refractivity contribution in [3.63, 3.8) is 0 Å². The third-order valence-corrected chi connectivity index (χ3v) is 15.8. The first-order valence-electron chi connectivity index (χ1n) is 25.5. The van der Waals surface area contributed by atoms with Gasteiger partial charge in [0.25, 0.3) is 0 Å². The van der Waals surface area contributed by atoms with Crippen molar-refractivity contribution in [1.82, 2.24) is 15.0 Å². The minimum absolute atomic E-state index is 0.391. The van der Waals surface area contributed by atoms with E-state index in [1.807, 2.05) is 48.5 Å². The molecule has 3 heterocycles. The Kier molecular flexibility index (Phi) is 8.89. The quantitative estimate of drug-likeness (QED) is 0.166. The standard InChI is InChI=1S/C70H41N3O2/c1-2-15-42(16-3-1)43-33-37-46(38-34-43)67-71-68(53-22-13-29-62-65(53)52-20-7-11-28-60(52)74-62)73-69(72-67)54-23-14-30-63-66(54)55-41-47(39-40-61(55)75-63)44-31-35-45(36-32-44)48-21-12-27-59-64(48)51-19-6-10-26-58(51)70(59)56-24-8-4-17-49(56)50-18-5-9-25-57(50)70/h1-41H. The van der Waals surface area contributed by atoms with Crippen molar-refractivity contribution >= 4 is 43.9 Å². The van der Waals surface area contributed by atoms with E-state index in [0.29, 0.717) is 17.5 Å². The van der Waals surface area contributed by atoms with E-state index in [9.17, 15) is 0 Å². The highest BCUT2D eigenvalue weighted by molar-refractivity contribution is 6.14. The maximum atomic E-state index is 6.63. The smallest absolute Gasteiger partial charge is 0.164 e. The third kappa shape index (κ3) is 6.10. The van der Waals surface area contributed by atoms with E-state index in [2.05, 4.69) is 200 Å². The van der Waals surface area contributed by atoms with E-state index in [-0.39, 0.29) is 0 Å². The number of nitrogens with zero attached hydrogens (tertiary/aromatic N) is 3. The summed E-state index contributed by atoms with van der Waals surface area (Å²) in [6, 6.07) is 88.7. The maximum Gasteiger partial charge on any atom is 0.164 e. The van der Waals surface area contributed by atoms with Crippen molar-refractivity contribution in [2.24, 2.45) is 0 Å². The average molecular weight is 956 g/mol. The highest BCUT2D eigenvalue weighted by Crippen LogP contribution is 2.64. The fourth-order valence-corrected chi connectivity index (χ4v) is 12.6. The van der Waals surface area contributed by atoms with Gasteiger partial charge in [-0.2, -0.15) is 0 Å². The van der Waals surface area contributed by atoms with Gasteiger partial charge in [-0.25, -0.2) is 15.0 Å². The number of benzene rings is 11. The average Bonchev–Trinajstić information content (AvgIpc) is 4.31. The van der Waals surface area contributed by atoms with Crippen LogP contribution in [-0.4, -0.2) is 15.0 Å². The Morgan fingerprint density at radius 3 is 1.36 bits per heavy atom. The van der Waals surface area contributed by atoms with E-state index >= 15 is 0 Å². The van der Waals surface area contributed by atoms with Crippen LogP contribution in [-0.2, 0) is 5.41 Å². The Morgan fingerprint density at radius 1 is 0.253 bits per heavy atom. The Morgan fingerprint density at radius 2 is 0.680 bits per heavy atom. The van der Waals surface area contributed by atoms with Gasteiger partial charge < -0.3 is 8.83 Å². The molecule has 0 bridgehead atoms. The van der Waals surface area contributed by atoms with Gasteiger partial charge in [0.1, 0.15) is 22.3 Å². The van der Waals surface area contributed by atoms with Crippen LogP contribution >= 0.6 is 0 Å². The van der Waals surface area contributed by atoms with Crippen LogP contribution < -0.4 is 0 Å². The molecule has 1 spiro atoms. The van der Waals surface area contributed by atoms with Crippen molar-refractivity contribution in [3.05, 3.63) is 271 Å². The predicted molar refractivity (Wildman–Crippen MR) is 303 cm³/mol. The molecule has 348 valence electrons. The lowest BCUT2D eigenvalue weighted by molar-refractivity contribution is 0.668. The van der Waals surface area contributed by atoms with Gasteiger partial charge in [-0.3, -0.25) is 0 Å². The second kappa shape index (κ2) is 16.0. The molecule has 0 saturated heterocycles. The van der Waals surface area contributed by atoms with Crippen molar-refractivity contribution < 1.29 is 8.83 Å². The SMILES string of the molecule is c1ccc(-c2ccc(-c3nc(-c4cccc5oc6ccccc6c45)nc(-c4cccc5oc6ccc(-c7ccc(-c8cccc9c8-c8ccccc8C98c9ccccc9-c9ccccc98)cc7)cc6c45)n3)cc2)cc1. The molecule has 2 aliphatic carbocycles. The third-order valence-electron chi connectivity index (χ3n) is 15.8. The number of fused-ring (bicyclic) bond motifs is 16. The van der Waals surface area contributed by atoms with E-state index in [1.165, 1.54) is 55.6 Å². The molecule has 16 rings (SSSR count). The summed E-state index contributed by atoms with van der Waals surface area (Å²) < 4.78 is 13.0. The summed E-state index contributed by atoms with van der Waals surface area (Å²) in [6.07, 6.45) is 0. The summed E-state index contributed by atoms with van der Waals surface area (Å²) in [5.41, 5.74) is 22.8. The number of rotatable bonds is 6. The first-order chi connectivity index (χ1) is 37.2. The lowest BCUT2D eigenvalue weighted by Gasteiger charge is -2.30. The fraction of sp³-hybridized carbons (Fsp3) is 0.0143. The molecule has 0 saturated carbocycles. The van der Waals surface area contributed by atoms with E-state index < -0.39 is 5.41 Å². The molecule has 0 atom stereocenters. The van der Waals surface area contributed by atoms with Crippen molar-refractivity contribution in [2.75, 3.05) is 0 Å². The number of aromatic nitrogens is 3. The zero-order valence-electron chi connectivity index (χ0n) is 40.3. The van der Waals surface area contributed by atoms with Gasteiger partial charge >= 0.3 is 0 Å². The van der Waals surface area contributed by atoms with Crippen LogP contribution in [0.25, 0.3) is 134 Å². The molecule has 5 heteroatoms. The lowest BCUT2D eigenvalue weighted by atomic mass is 9.70. The summed E-state index contributed by atoms with van der Waals surface area (Å²) in [5, 5.41) is 3.91. The van der Waals surface area contributed by atoms with Crippen LogP contribution in [0.3, 0.4) is 0 Å². The fourth-order valence-electron chi connectivity index (χ4n) is 12.6. The molecular formula is C70H41N3O2. The van der Waals surface area contributed by atoms with Gasteiger partial charge in [0, 0.05) is 38.2 Å². The normalized spacial score (nSPS) is 12.9. The molecule has 0 N–H and O–H groups in total. The van der Waals surface area contributed by atoms with Crippen molar-refractivity contribution in [1.29, 1.82) is 0 Å². The molecule has 0 fully saturated rings. The highest BCUT2D eigenvalue weighted by atomic mass is 16.3. The molecule has 11 aromatic carbocycles. The van der Waals surface area contributed by atoms with Crippen LogP contribution in [0.15, 0.2) is 258 Å². The highest BCUT2D eigenvalue weighted by Gasteiger charge is 2.52. The van der Waals surface area contributed by atoms with Gasteiger partial charge in [0.05, 0.1) is 5.41 Å². The van der Waals surface area contributed by atoms with E-state index in [0.717, 1.165) is 82.8 Å². The van der Waals surface area contributed by atoms with Crippen LogP contribution in [0.5, 0.6) is 0 Å². The first kappa shape index (κ1) is 41.6. The van der Waals surface area contributed by atoms with Crippen molar-refractivity contribution in [3.8, 4) is 89.8 Å². The second-order valence-corrected chi connectivity index (χ2v) is 19.7. The molecule has 5 nitrogen and oxygen atoms in total. The first-order valence-corrected chi connectivity index (χ1v) is 25.5. The Balaban J connectivity index is 0.822. The van der Waals surface area contributed by atoms with Crippen LogP contribution in [0, 0.1) is 0 Å². The number of para-hydroxylation sites is 1. The van der Waals surface area contributed by atoms with Crippen LogP contribution in [0.4, 0.5) is 0 Å². The van der Waals surface area contributed by atoms with Gasteiger partial charge in [0.2, 0.25) is 0 Å². The van der Waals surface area contributed by atoms with E-state index in [4.69, 9.17) is 23.8 Å². The van der Waals surface area contributed by atoms with Gasteiger partial charge in [-0.15, -0.1) is 0 Å². The topological polar surface area (TPSA) is 65.0 Å². The monoisotopic (exact) mass is 955 g/mol. The summed E-state index contributed by atoms with van der Waals surface area (Å²) in [5.74, 6) is 1.69. The van der Waals surface area contributed by atoms with Gasteiger partial charge in [-0.1, -0.05) is 218 Å². The number of hydrogen-bond acceptors (Lipinski definition) is 5. The zero-order valence-corrected chi connectivity index (χ0v) is 40.3. The minimum atomic E-state index is -0.391. The molecule has 3 aromatic heterocycles. The Hall–Kier alpha value is -9.97. The van der Waals surface area contributed by atoms with E-state index in [1.54, 1.807) is 0 Å². The van der Waals surface area contributed by atoms with Crippen LogP contribution in [0.2, 0.25) is 0 Å². The molecule has 14 aromatic rings. The second-order valence-electron chi connectivity index (χ2n) is 19.7. The molecule has 2 aliphatic rings. The summed E-state index contributed by atoms with van der Waals surface area (Å²) >= 11 is 0. The molecular weight excluding hydrogens is 915 g/mol. The Bertz CT molecular complexity index is 4600. The lowest BCUT2D eigenvalue weighted by Crippen LogP contribution is -2.25. The summed E-state index contributed by atoms with van der Waals surface area (Å²) in [4.78, 5) is 15.9. The molecule has 75 heavy (non-hydrogen) atoms. The molecule has 0 amide bonds. The largest absolute Gasteiger partial charge is 0.456 e. The maximum absolute atomic E-state index is 6.63. The summed E-state index contributed by atoms with van der Waals surface area (Å²) in [6.45, 7) is 0. The Labute approximate surface area is 431 Å². The minimum Gasteiger partial charge on any atom is -0.456 e. The summed E-state index contributed by atoms with van der Waals surface area (Å²) in [7, 11) is 0. The van der Waals surface area contributed by atoms with Crippen molar-refractivity contribution in [2.45, 2.75) is 5.41 Å².